The van der Waals surface area contributed by atoms with Crippen LogP contribution in [0.1, 0.15) is 11.1 Å². The second-order valence-electron chi connectivity index (χ2n) is 6.73. The Bertz CT molecular complexity index is 1070. The van der Waals surface area contributed by atoms with Crippen LogP contribution in [0.15, 0.2) is 35.5 Å². The van der Waals surface area contributed by atoms with Gasteiger partial charge in [-0.15, -0.1) is 10.2 Å². The first-order valence-electron chi connectivity index (χ1n) is 9.38. The maximum absolute atomic E-state index is 12.3. The van der Waals surface area contributed by atoms with Crippen LogP contribution in [0.5, 0.6) is 17.2 Å². The van der Waals surface area contributed by atoms with E-state index >= 15 is 0 Å². The zero-order valence-corrected chi connectivity index (χ0v) is 18.9. The van der Waals surface area contributed by atoms with Gasteiger partial charge in [-0.2, -0.15) is 0 Å². The van der Waals surface area contributed by atoms with Gasteiger partial charge in [0.05, 0.1) is 27.1 Å². The maximum atomic E-state index is 12.3. The predicted molar refractivity (Wildman–Crippen MR) is 121 cm³/mol. The number of hydrogen-bond acceptors (Lipinski definition) is 8. The van der Waals surface area contributed by atoms with Gasteiger partial charge < -0.3 is 25.4 Å². The summed E-state index contributed by atoms with van der Waals surface area (Å²) in [6.45, 7) is 4.03. The molecule has 0 saturated heterocycles. The molecule has 0 radical (unpaired) electrons. The van der Waals surface area contributed by atoms with Gasteiger partial charge in [0, 0.05) is 11.3 Å². The molecule has 0 spiro atoms. The molecule has 1 heterocycles. The van der Waals surface area contributed by atoms with Gasteiger partial charge in [0.25, 0.3) is 0 Å². The number of benzene rings is 2. The molecule has 3 N–H and O–H groups in total. The third-order valence-electron chi connectivity index (χ3n) is 4.71. The first-order chi connectivity index (χ1) is 14.9. The first-order valence-corrected chi connectivity index (χ1v) is 10.4. The van der Waals surface area contributed by atoms with Gasteiger partial charge >= 0.3 is 0 Å². The minimum atomic E-state index is -0.161. The lowest BCUT2D eigenvalue weighted by molar-refractivity contribution is -0.113. The average molecular weight is 444 g/mol. The first kappa shape index (κ1) is 22.3. The smallest absolute Gasteiger partial charge is 0.234 e. The fourth-order valence-corrected chi connectivity index (χ4v) is 3.59. The van der Waals surface area contributed by atoms with E-state index in [1.807, 2.05) is 32.0 Å². The molecule has 3 aromatic rings. The molecule has 0 aliphatic rings. The van der Waals surface area contributed by atoms with E-state index in [1.54, 1.807) is 12.1 Å². The molecule has 0 saturated carbocycles. The maximum Gasteiger partial charge on any atom is 0.234 e. The summed E-state index contributed by atoms with van der Waals surface area (Å²) in [6, 6.07) is 9.24. The summed E-state index contributed by atoms with van der Waals surface area (Å²) in [4.78, 5) is 12.3. The quantitative estimate of drug-likeness (QED) is 0.403. The van der Waals surface area contributed by atoms with Crippen molar-refractivity contribution < 1.29 is 19.0 Å². The van der Waals surface area contributed by atoms with E-state index in [0.29, 0.717) is 33.8 Å². The number of aryl methyl sites for hydroxylation is 2. The van der Waals surface area contributed by atoms with E-state index in [4.69, 9.17) is 20.1 Å². The molecule has 10 heteroatoms. The Morgan fingerprint density at radius 3 is 2.29 bits per heavy atom. The Labute approximate surface area is 184 Å². The number of nitrogens with zero attached hydrogens (tertiary/aromatic N) is 3. The van der Waals surface area contributed by atoms with E-state index < -0.39 is 0 Å². The topological polar surface area (TPSA) is 114 Å². The predicted octanol–water partition coefficient (Wildman–Crippen LogP) is 3.03. The van der Waals surface area contributed by atoms with Crippen LogP contribution in [0.25, 0.3) is 11.4 Å². The van der Waals surface area contributed by atoms with Gasteiger partial charge in [-0.25, -0.2) is 4.68 Å². The van der Waals surface area contributed by atoms with Crippen molar-refractivity contribution in [2.24, 2.45) is 0 Å². The standard InChI is InChI=1S/C21H25N5O4S/c1-12-6-7-15(8-13(12)2)23-18(27)11-31-21-25-24-20(26(21)22)14-9-16(28-3)19(30-5)17(10-14)29-4/h6-10H,11,22H2,1-5H3,(H,23,27). The van der Waals surface area contributed by atoms with E-state index in [0.717, 1.165) is 11.3 Å². The fourth-order valence-electron chi connectivity index (χ4n) is 2.93. The van der Waals surface area contributed by atoms with Crippen molar-refractivity contribution in [3.05, 3.63) is 41.5 Å². The van der Waals surface area contributed by atoms with Crippen molar-refractivity contribution in [3.63, 3.8) is 0 Å². The molecule has 31 heavy (non-hydrogen) atoms. The number of rotatable bonds is 8. The van der Waals surface area contributed by atoms with Gasteiger partial charge in [0.2, 0.25) is 16.8 Å². The number of carbonyl (C=O) groups is 1. The number of aromatic nitrogens is 3. The largest absolute Gasteiger partial charge is 0.493 e. The second-order valence-corrected chi connectivity index (χ2v) is 7.67. The number of hydrogen-bond donors (Lipinski definition) is 2. The monoisotopic (exact) mass is 443 g/mol. The third-order valence-corrected chi connectivity index (χ3v) is 5.65. The number of anilines is 1. The Morgan fingerprint density at radius 2 is 1.71 bits per heavy atom. The molecular formula is C21H25N5O4S. The minimum absolute atomic E-state index is 0.136. The average Bonchev–Trinajstić information content (AvgIpc) is 3.14. The van der Waals surface area contributed by atoms with Gasteiger partial charge in [-0.3, -0.25) is 4.79 Å². The highest BCUT2D eigenvalue weighted by molar-refractivity contribution is 7.99. The summed E-state index contributed by atoms with van der Waals surface area (Å²) in [7, 11) is 4.59. The Balaban J connectivity index is 1.74. The normalized spacial score (nSPS) is 10.6. The molecule has 9 nitrogen and oxygen atoms in total. The van der Waals surface area contributed by atoms with E-state index in [1.165, 1.54) is 43.3 Å². The summed E-state index contributed by atoms with van der Waals surface area (Å²) in [5.74, 6) is 7.98. The molecule has 1 aromatic heterocycles. The highest BCUT2D eigenvalue weighted by Crippen LogP contribution is 2.40. The van der Waals surface area contributed by atoms with Crippen molar-refractivity contribution in [1.82, 2.24) is 14.9 Å². The summed E-state index contributed by atoms with van der Waals surface area (Å²) in [5.41, 5.74) is 3.67. The fraction of sp³-hybridized carbons (Fsp3) is 0.286. The number of ether oxygens (including phenoxy) is 3. The molecule has 0 aliphatic carbocycles. The van der Waals surface area contributed by atoms with Gasteiger partial charge in [-0.05, 0) is 49.2 Å². The molecule has 164 valence electrons. The van der Waals surface area contributed by atoms with Gasteiger partial charge in [0.15, 0.2) is 17.3 Å². The number of thioether (sulfide) groups is 1. The van der Waals surface area contributed by atoms with Crippen molar-refractivity contribution >= 4 is 23.4 Å². The number of carbonyl (C=O) groups excluding carboxylic acids is 1. The summed E-state index contributed by atoms with van der Waals surface area (Å²) >= 11 is 1.19. The number of nitrogen functional groups attached to an aromatic ring is 1. The summed E-state index contributed by atoms with van der Waals surface area (Å²) in [6.07, 6.45) is 0. The van der Waals surface area contributed by atoms with Crippen molar-refractivity contribution in [2.75, 3.05) is 38.2 Å². The zero-order valence-electron chi connectivity index (χ0n) is 18.1. The summed E-state index contributed by atoms with van der Waals surface area (Å²) < 4.78 is 17.4. The Kier molecular flexibility index (Phi) is 6.91. The Morgan fingerprint density at radius 1 is 1.03 bits per heavy atom. The second kappa shape index (κ2) is 9.61. The van der Waals surface area contributed by atoms with Crippen molar-refractivity contribution in [3.8, 4) is 28.6 Å². The van der Waals surface area contributed by atoms with Gasteiger partial charge in [-0.1, -0.05) is 17.8 Å². The van der Waals surface area contributed by atoms with Crippen LogP contribution in [0.3, 0.4) is 0 Å². The van der Waals surface area contributed by atoms with E-state index in [-0.39, 0.29) is 11.7 Å². The molecule has 0 bridgehead atoms. The van der Waals surface area contributed by atoms with E-state index in [9.17, 15) is 4.79 Å². The van der Waals surface area contributed by atoms with Crippen LogP contribution in [-0.4, -0.2) is 47.9 Å². The van der Waals surface area contributed by atoms with Crippen molar-refractivity contribution in [2.45, 2.75) is 19.0 Å². The number of nitrogens with two attached hydrogens (primary N) is 1. The van der Waals surface area contributed by atoms with Crippen LogP contribution < -0.4 is 25.4 Å². The molecule has 0 aliphatic heterocycles. The number of methoxy groups -OCH3 is 3. The molecular weight excluding hydrogens is 418 g/mol. The molecule has 0 atom stereocenters. The van der Waals surface area contributed by atoms with Gasteiger partial charge in [0.1, 0.15) is 0 Å². The third kappa shape index (κ3) is 4.85. The highest BCUT2D eigenvalue weighted by atomic mass is 32.2. The molecule has 2 aromatic carbocycles. The molecule has 0 fully saturated rings. The SMILES string of the molecule is COc1cc(-c2nnc(SCC(=O)Nc3ccc(C)c(C)c3)n2N)cc(OC)c1OC. The lowest BCUT2D eigenvalue weighted by Crippen LogP contribution is -2.16. The Hall–Kier alpha value is -3.40. The van der Waals surface area contributed by atoms with Crippen LogP contribution in [-0.2, 0) is 4.79 Å². The molecule has 3 rings (SSSR count). The van der Waals surface area contributed by atoms with Crippen LogP contribution >= 0.6 is 11.8 Å². The highest BCUT2D eigenvalue weighted by Gasteiger charge is 2.19. The number of amides is 1. The number of nitrogens with one attached hydrogen (secondary N) is 1. The minimum Gasteiger partial charge on any atom is -0.493 e. The lowest BCUT2D eigenvalue weighted by atomic mass is 10.1. The van der Waals surface area contributed by atoms with Crippen LogP contribution in [0.4, 0.5) is 5.69 Å². The van der Waals surface area contributed by atoms with Crippen LogP contribution in [0.2, 0.25) is 0 Å². The van der Waals surface area contributed by atoms with E-state index in [2.05, 4.69) is 15.5 Å². The molecule has 0 unspecified atom stereocenters. The molecule has 1 amide bonds. The lowest BCUT2D eigenvalue weighted by Gasteiger charge is -2.13. The zero-order chi connectivity index (χ0) is 22.5. The van der Waals surface area contributed by atoms with Crippen molar-refractivity contribution in [1.29, 1.82) is 0 Å². The van der Waals surface area contributed by atoms with Crippen LogP contribution in [0, 0.1) is 13.8 Å². The summed E-state index contributed by atoms with van der Waals surface area (Å²) in [5, 5.41) is 11.5.